The van der Waals surface area contributed by atoms with E-state index in [2.05, 4.69) is 0 Å². The molecule has 0 spiro atoms. The number of halogens is 1. The number of rotatable bonds is 8. The molecule has 0 bridgehead atoms. The van der Waals surface area contributed by atoms with Gasteiger partial charge in [0.1, 0.15) is 5.75 Å². The van der Waals surface area contributed by atoms with E-state index < -0.39 is 15.9 Å². The van der Waals surface area contributed by atoms with E-state index in [9.17, 15) is 13.2 Å². The molecule has 0 radical (unpaired) electrons. The van der Waals surface area contributed by atoms with Crippen LogP contribution in [0.3, 0.4) is 0 Å². The molecule has 0 N–H and O–H groups in total. The molecule has 1 fully saturated rings. The molecule has 2 aromatic carbocycles. The highest BCUT2D eigenvalue weighted by molar-refractivity contribution is 7.91. The van der Waals surface area contributed by atoms with Crippen LogP contribution in [-0.2, 0) is 16.4 Å². The lowest BCUT2D eigenvalue weighted by atomic mass is 10.1. The topological polar surface area (TPSA) is 91.4 Å². The quantitative estimate of drug-likeness (QED) is 0.569. The molecule has 1 amide bonds. The Morgan fingerprint density at radius 1 is 1.00 bits per heavy atom. The van der Waals surface area contributed by atoms with Crippen molar-refractivity contribution in [3.8, 4) is 23.0 Å². The molecule has 1 aliphatic heterocycles. The Hall–Kier alpha value is -2.65. The van der Waals surface area contributed by atoms with Gasteiger partial charge in [-0.05, 0) is 42.3 Å². The molecule has 0 aliphatic carbocycles. The second-order valence-electron chi connectivity index (χ2n) is 7.37. The van der Waals surface area contributed by atoms with E-state index in [-0.39, 0.29) is 24.0 Å². The highest BCUT2D eigenvalue weighted by Gasteiger charge is 2.35. The van der Waals surface area contributed by atoms with E-state index >= 15 is 0 Å². The zero-order valence-electron chi connectivity index (χ0n) is 18.4. The van der Waals surface area contributed by atoms with Crippen molar-refractivity contribution in [2.45, 2.75) is 19.0 Å². The van der Waals surface area contributed by atoms with Crippen LogP contribution in [0.4, 0.5) is 0 Å². The summed E-state index contributed by atoms with van der Waals surface area (Å²) < 4.78 is 45.6. The lowest BCUT2D eigenvalue weighted by Gasteiger charge is -2.29. The third-order valence-electron chi connectivity index (χ3n) is 5.39. The molecule has 8 nitrogen and oxygen atoms in total. The number of nitrogens with zero attached hydrogens (tertiary/aromatic N) is 1. The lowest BCUT2D eigenvalue weighted by Crippen LogP contribution is -2.40. The Bertz CT molecular complexity index is 1080. The highest BCUT2D eigenvalue weighted by atomic mass is 35.5. The second kappa shape index (κ2) is 9.87. The van der Waals surface area contributed by atoms with Gasteiger partial charge in [0, 0.05) is 18.2 Å². The summed E-state index contributed by atoms with van der Waals surface area (Å²) in [6.45, 7) is 0.152. The Morgan fingerprint density at radius 2 is 1.62 bits per heavy atom. The number of hydrogen-bond acceptors (Lipinski definition) is 7. The van der Waals surface area contributed by atoms with Gasteiger partial charge in [0.25, 0.3) is 5.91 Å². The smallest absolute Gasteiger partial charge is 0.254 e. The fourth-order valence-electron chi connectivity index (χ4n) is 3.78. The van der Waals surface area contributed by atoms with Gasteiger partial charge in [-0.25, -0.2) is 8.42 Å². The van der Waals surface area contributed by atoms with Crippen molar-refractivity contribution in [1.29, 1.82) is 0 Å². The number of hydrogen-bond donors (Lipinski definition) is 0. The molecule has 2 aromatic rings. The van der Waals surface area contributed by atoms with Crippen LogP contribution >= 0.6 is 11.6 Å². The van der Waals surface area contributed by atoms with Crippen LogP contribution < -0.4 is 18.9 Å². The van der Waals surface area contributed by atoms with Gasteiger partial charge in [0.05, 0.1) is 45.0 Å². The summed E-state index contributed by atoms with van der Waals surface area (Å²) in [5, 5.41) is 0.296. The molecule has 32 heavy (non-hydrogen) atoms. The Morgan fingerprint density at radius 3 is 2.09 bits per heavy atom. The molecule has 1 aliphatic rings. The van der Waals surface area contributed by atoms with Gasteiger partial charge >= 0.3 is 0 Å². The minimum Gasteiger partial charge on any atom is -0.495 e. The molecular formula is C22H26ClNO7S. The molecule has 1 heterocycles. The zero-order valence-corrected chi connectivity index (χ0v) is 20.0. The largest absolute Gasteiger partial charge is 0.495 e. The molecule has 10 heteroatoms. The van der Waals surface area contributed by atoms with Gasteiger partial charge in [0.2, 0.25) is 5.75 Å². The lowest BCUT2D eigenvalue weighted by molar-refractivity contribution is 0.0680. The highest BCUT2D eigenvalue weighted by Crippen LogP contribution is 2.39. The van der Waals surface area contributed by atoms with Crippen LogP contribution in [0.2, 0.25) is 5.02 Å². The van der Waals surface area contributed by atoms with E-state index in [1.807, 2.05) is 0 Å². The number of sulfone groups is 1. The number of carbonyl (C=O) groups is 1. The van der Waals surface area contributed by atoms with Crippen LogP contribution in [0, 0.1) is 0 Å². The predicted octanol–water partition coefficient (Wildman–Crippen LogP) is 3.20. The maximum atomic E-state index is 13.5. The second-order valence-corrected chi connectivity index (χ2v) is 10.0. The summed E-state index contributed by atoms with van der Waals surface area (Å²) in [6.07, 6.45) is 0.363. The van der Waals surface area contributed by atoms with Crippen molar-refractivity contribution in [1.82, 2.24) is 4.90 Å². The van der Waals surface area contributed by atoms with Crippen molar-refractivity contribution >= 4 is 27.3 Å². The maximum Gasteiger partial charge on any atom is 0.254 e. The summed E-state index contributed by atoms with van der Waals surface area (Å²) in [5.74, 6) is 1.39. The first-order chi connectivity index (χ1) is 15.2. The standard InChI is InChI=1S/C22H26ClNO7S/c1-28-18-6-5-15(11-17(18)23)22(25)24(16-7-8-32(26,27)13-16)12-14-9-19(29-2)21(31-4)20(10-14)30-3/h5-6,9-11,16H,7-8,12-13H2,1-4H3/t16-/m0/s1. The first-order valence-corrected chi connectivity index (χ1v) is 12.1. The summed E-state index contributed by atoms with van der Waals surface area (Å²) in [6, 6.07) is 7.76. The predicted molar refractivity (Wildman–Crippen MR) is 121 cm³/mol. The van der Waals surface area contributed by atoms with E-state index in [0.29, 0.717) is 45.6 Å². The van der Waals surface area contributed by atoms with Crippen molar-refractivity contribution in [2.24, 2.45) is 0 Å². The van der Waals surface area contributed by atoms with E-state index in [1.54, 1.807) is 29.2 Å². The SMILES string of the molecule is COc1ccc(C(=O)N(Cc2cc(OC)c(OC)c(OC)c2)[C@H]2CCS(=O)(=O)C2)cc1Cl. The fourth-order valence-corrected chi connectivity index (χ4v) is 5.76. The van der Waals surface area contributed by atoms with Crippen molar-refractivity contribution in [3.05, 3.63) is 46.5 Å². The zero-order chi connectivity index (χ0) is 23.5. The van der Waals surface area contributed by atoms with Gasteiger partial charge < -0.3 is 23.8 Å². The van der Waals surface area contributed by atoms with Gasteiger partial charge in [0.15, 0.2) is 21.3 Å². The van der Waals surface area contributed by atoms with Crippen LogP contribution in [0.1, 0.15) is 22.3 Å². The first kappa shape index (κ1) is 24.0. The van der Waals surface area contributed by atoms with Gasteiger partial charge in [-0.1, -0.05) is 11.6 Å². The number of methoxy groups -OCH3 is 4. The molecule has 0 aromatic heterocycles. The van der Waals surface area contributed by atoms with Crippen molar-refractivity contribution < 1.29 is 32.2 Å². The average molecular weight is 484 g/mol. The minimum absolute atomic E-state index is 0.0417. The Labute approximate surface area is 192 Å². The normalized spacial score (nSPS) is 17.0. The maximum absolute atomic E-state index is 13.5. The summed E-state index contributed by atoms with van der Waals surface area (Å²) in [5.41, 5.74) is 1.05. The molecule has 174 valence electrons. The van der Waals surface area contributed by atoms with Crippen LogP contribution in [0.25, 0.3) is 0 Å². The van der Waals surface area contributed by atoms with Crippen LogP contribution in [-0.4, -0.2) is 65.2 Å². The van der Waals surface area contributed by atoms with E-state index in [0.717, 1.165) is 0 Å². The Kier molecular flexibility index (Phi) is 7.40. The molecule has 1 atom stereocenters. The molecule has 3 rings (SSSR count). The summed E-state index contributed by atoms with van der Waals surface area (Å²) in [7, 11) is 2.80. The number of carbonyl (C=O) groups excluding carboxylic acids is 1. The number of benzene rings is 2. The number of ether oxygens (including phenoxy) is 4. The van der Waals surface area contributed by atoms with Crippen LogP contribution in [0.5, 0.6) is 23.0 Å². The average Bonchev–Trinajstić information content (AvgIpc) is 3.15. The van der Waals surface area contributed by atoms with Gasteiger partial charge in [-0.2, -0.15) is 0 Å². The molecule has 0 unspecified atom stereocenters. The Balaban J connectivity index is 2.01. The molecule has 0 saturated carbocycles. The minimum atomic E-state index is -3.21. The monoisotopic (exact) mass is 483 g/mol. The summed E-state index contributed by atoms with van der Waals surface area (Å²) >= 11 is 6.22. The third-order valence-corrected chi connectivity index (χ3v) is 7.43. The molecule has 1 saturated heterocycles. The van der Waals surface area contributed by atoms with Crippen LogP contribution in [0.15, 0.2) is 30.3 Å². The summed E-state index contributed by atoms with van der Waals surface area (Å²) in [4.78, 5) is 15.0. The molecular weight excluding hydrogens is 458 g/mol. The van der Waals surface area contributed by atoms with Crippen molar-refractivity contribution in [3.63, 3.8) is 0 Å². The number of amides is 1. The van der Waals surface area contributed by atoms with Gasteiger partial charge in [-0.3, -0.25) is 4.79 Å². The fraction of sp³-hybridized carbons (Fsp3) is 0.409. The van der Waals surface area contributed by atoms with E-state index in [4.69, 9.17) is 30.5 Å². The third kappa shape index (κ3) is 5.05. The van der Waals surface area contributed by atoms with Crippen molar-refractivity contribution in [2.75, 3.05) is 39.9 Å². The van der Waals surface area contributed by atoms with E-state index in [1.165, 1.54) is 34.5 Å². The van der Waals surface area contributed by atoms with Gasteiger partial charge in [-0.15, -0.1) is 0 Å². The first-order valence-electron chi connectivity index (χ1n) is 9.86.